The molecule has 1 aromatic rings. The summed E-state index contributed by atoms with van der Waals surface area (Å²) in [6, 6.07) is 5.73. The molecule has 1 atom stereocenters. The van der Waals surface area contributed by atoms with Crippen LogP contribution in [0.4, 0.5) is 5.69 Å². The number of anilines is 1. The first-order valence-electron chi connectivity index (χ1n) is 6.50. The van der Waals surface area contributed by atoms with Gasteiger partial charge in [-0.1, -0.05) is 11.6 Å². The summed E-state index contributed by atoms with van der Waals surface area (Å²) in [5.41, 5.74) is 1.05. The molecule has 2 rings (SSSR count). The van der Waals surface area contributed by atoms with Gasteiger partial charge in [-0.25, -0.2) is 12.7 Å². The van der Waals surface area contributed by atoms with Gasteiger partial charge in [-0.2, -0.15) is 0 Å². The summed E-state index contributed by atoms with van der Waals surface area (Å²) in [5, 5.41) is 4.12. The van der Waals surface area contributed by atoms with Gasteiger partial charge in [0.25, 0.3) is 0 Å². The maximum Gasteiger partial charge on any atom is 0.211 e. The zero-order valence-corrected chi connectivity index (χ0v) is 15.0. The Bertz CT molecular complexity index is 580. The number of halogens is 2. The summed E-state index contributed by atoms with van der Waals surface area (Å²) in [4.78, 5) is 0. The topological polar surface area (TPSA) is 49.4 Å². The predicted molar refractivity (Wildman–Crippen MR) is 91.8 cm³/mol. The van der Waals surface area contributed by atoms with Crippen molar-refractivity contribution in [2.75, 3.05) is 31.2 Å². The SMILES string of the molecule is CS(=O)(=O)N1CCCC(CNc2ccc(Cl)cc2I)C1. The number of sulfonamides is 1. The van der Waals surface area contributed by atoms with Gasteiger partial charge in [-0.3, -0.25) is 0 Å². The Labute approximate surface area is 139 Å². The Hall–Kier alpha value is -0.0500. The molecule has 1 N–H and O–H groups in total. The highest BCUT2D eigenvalue weighted by atomic mass is 127. The Kier molecular flexibility index (Phi) is 5.56. The van der Waals surface area contributed by atoms with Crippen molar-refractivity contribution in [2.45, 2.75) is 12.8 Å². The maximum absolute atomic E-state index is 11.6. The van der Waals surface area contributed by atoms with E-state index in [2.05, 4.69) is 27.9 Å². The average molecular weight is 429 g/mol. The minimum atomic E-state index is -3.07. The smallest absolute Gasteiger partial charge is 0.211 e. The molecular weight excluding hydrogens is 411 g/mol. The van der Waals surface area contributed by atoms with Crippen molar-refractivity contribution >= 4 is 49.9 Å². The molecule has 7 heteroatoms. The van der Waals surface area contributed by atoms with Gasteiger partial charge in [-0.05, 0) is 59.5 Å². The molecule has 0 spiro atoms. The third-order valence-corrected chi connectivity index (χ3v) is 5.86. The molecule has 1 saturated heterocycles. The zero-order valence-electron chi connectivity index (χ0n) is 11.3. The number of hydrogen-bond donors (Lipinski definition) is 1. The van der Waals surface area contributed by atoms with Gasteiger partial charge in [0.05, 0.1) is 6.26 Å². The summed E-state index contributed by atoms with van der Waals surface area (Å²) in [6.45, 7) is 2.04. The van der Waals surface area contributed by atoms with Crippen LogP contribution in [-0.2, 0) is 10.0 Å². The fourth-order valence-corrected chi connectivity index (χ4v) is 4.39. The lowest BCUT2D eigenvalue weighted by Crippen LogP contribution is -2.41. The van der Waals surface area contributed by atoms with Gasteiger partial charge in [-0.15, -0.1) is 0 Å². The molecule has 1 heterocycles. The Morgan fingerprint density at radius 2 is 2.25 bits per heavy atom. The molecule has 0 amide bonds. The largest absolute Gasteiger partial charge is 0.384 e. The van der Waals surface area contributed by atoms with Gasteiger partial charge in [0.2, 0.25) is 10.0 Å². The van der Waals surface area contributed by atoms with E-state index in [1.807, 2.05) is 18.2 Å². The van der Waals surface area contributed by atoms with E-state index in [0.717, 1.165) is 33.7 Å². The van der Waals surface area contributed by atoms with Crippen LogP contribution in [0.25, 0.3) is 0 Å². The van der Waals surface area contributed by atoms with Crippen LogP contribution in [0.1, 0.15) is 12.8 Å². The van der Waals surface area contributed by atoms with Crippen LogP contribution in [0.2, 0.25) is 5.02 Å². The molecule has 1 aromatic carbocycles. The monoisotopic (exact) mass is 428 g/mol. The van der Waals surface area contributed by atoms with E-state index < -0.39 is 10.0 Å². The quantitative estimate of drug-likeness (QED) is 0.750. The lowest BCUT2D eigenvalue weighted by Gasteiger charge is -2.31. The van der Waals surface area contributed by atoms with E-state index in [1.54, 1.807) is 4.31 Å². The summed E-state index contributed by atoms with van der Waals surface area (Å²) in [7, 11) is -3.07. The van der Waals surface area contributed by atoms with Crippen molar-refractivity contribution < 1.29 is 8.42 Å². The van der Waals surface area contributed by atoms with Crippen molar-refractivity contribution in [1.29, 1.82) is 0 Å². The Balaban J connectivity index is 1.94. The molecule has 1 aliphatic heterocycles. The molecule has 20 heavy (non-hydrogen) atoms. The van der Waals surface area contributed by atoms with E-state index in [9.17, 15) is 8.42 Å². The molecule has 0 saturated carbocycles. The number of nitrogens with one attached hydrogen (secondary N) is 1. The van der Waals surface area contributed by atoms with E-state index >= 15 is 0 Å². The Morgan fingerprint density at radius 1 is 1.50 bits per heavy atom. The second-order valence-electron chi connectivity index (χ2n) is 5.13. The van der Waals surface area contributed by atoms with Crippen LogP contribution in [0.3, 0.4) is 0 Å². The number of benzene rings is 1. The lowest BCUT2D eigenvalue weighted by molar-refractivity contribution is 0.277. The zero-order chi connectivity index (χ0) is 14.8. The first-order chi connectivity index (χ1) is 9.36. The minimum Gasteiger partial charge on any atom is -0.384 e. The number of piperidine rings is 1. The third-order valence-electron chi connectivity index (χ3n) is 3.46. The average Bonchev–Trinajstić information content (AvgIpc) is 2.37. The van der Waals surface area contributed by atoms with Crippen molar-refractivity contribution in [2.24, 2.45) is 5.92 Å². The van der Waals surface area contributed by atoms with Crippen LogP contribution < -0.4 is 5.32 Å². The van der Waals surface area contributed by atoms with Crippen LogP contribution >= 0.6 is 34.2 Å². The highest BCUT2D eigenvalue weighted by Crippen LogP contribution is 2.24. The molecule has 1 unspecified atom stereocenters. The van der Waals surface area contributed by atoms with Crippen LogP contribution in [0.15, 0.2) is 18.2 Å². The van der Waals surface area contributed by atoms with Crippen LogP contribution in [0, 0.1) is 9.49 Å². The second-order valence-corrected chi connectivity index (χ2v) is 8.72. The van der Waals surface area contributed by atoms with Crippen molar-refractivity contribution in [3.05, 3.63) is 26.8 Å². The van der Waals surface area contributed by atoms with E-state index in [1.165, 1.54) is 6.26 Å². The van der Waals surface area contributed by atoms with Crippen LogP contribution in [0.5, 0.6) is 0 Å². The first kappa shape index (κ1) is 16.3. The first-order valence-corrected chi connectivity index (χ1v) is 9.81. The number of rotatable bonds is 4. The Morgan fingerprint density at radius 3 is 2.90 bits per heavy atom. The van der Waals surface area contributed by atoms with E-state index in [-0.39, 0.29) is 0 Å². The van der Waals surface area contributed by atoms with Crippen molar-refractivity contribution in [3.63, 3.8) is 0 Å². The molecule has 0 radical (unpaired) electrons. The third kappa shape index (κ3) is 4.47. The molecule has 0 aliphatic carbocycles. The van der Waals surface area contributed by atoms with Gasteiger partial charge in [0, 0.05) is 33.9 Å². The van der Waals surface area contributed by atoms with E-state index in [4.69, 9.17) is 11.6 Å². The molecular formula is C13H18ClIN2O2S. The van der Waals surface area contributed by atoms with Gasteiger partial charge < -0.3 is 5.32 Å². The standard InChI is InChI=1S/C13H18ClIN2O2S/c1-20(18,19)17-6-2-3-10(9-17)8-16-13-5-4-11(14)7-12(13)15/h4-5,7,10,16H,2-3,6,8-9H2,1H3. The van der Waals surface area contributed by atoms with Gasteiger partial charge in [0.1, 0.15) is 0 Å². The molecule has 1 fully saturated rings. The normalized spacial score (nSPS) is 20.9. The fraction of sp³-hybridized carbons (Fsp3) is 0.538. The lowest BCUT2D eigenvalue weighted by atomic mass is 9.99. The predicted octanol–water partition coefficient (Wildman–Crippen LogP) is 3.03. The molecule has 4 nitrogen and oxygen atoms in total. The highest BCUT2D eigenvalue weighted by molar-refractivity contribution is 14.1. The maximum atomic E-state index is 11.6. The molecule has 1 aliphatic rings. The van der Waals surface area contributed by atoms with Gasteiger partial charge >= 0.3 is 0 Å². The van der Waals surface area contributed by atoms with Crippen molar-refractivity contribution in [3.8, 4) is 0 Å². The number of nitrogens with zero attached hydrogens (tertiary/aromatic N) is 1. The molecule has 112 valence electrons. The second kappa shape index (κ2) is 6.81. The minimum absolute atomic E-state index is 0.352. The number of hydrogen-bond acceptors (Lipinski definition) is 3. The fourth-order valence-electron chi connectivity index (χ4n) is 2.38. The molecule has 0 bridgehead atoms. The van der Waals surface area contributed by atoms with Crippen molar-refractivity contribution in [1.82, 2.24) is 4.31 Å². The van der Waals surface area contributed by atoms with E-state index in [0.29, 0.717) is 19.0 Å². The van der Waals surface area contributed by atoms with Gasteiger partial charge in [0.15, 0.2) is 0 Å². The summed E-state index contributed by atoms with van der Waals surface area (Å²) < 4.78 is 25.8. The summed E-state index contributed by atoms with van der Waals surface area (Å²) in [6.07, 6.45) is 3.27. The van der Waals surface area contributed by atoms with Crippen LogP contribution in [-0.4, -0.2) is 38.6 Å². The summed E-state index contributed by atoms with van der Waals surface area (Å²) >= 11 is 8.17. The highest BCUT2D eigenvalue weighted by Gasteiger charge is 2.25. The summed E-state index contributed by atoms with van der Waals surface area (Å²) in [5.74, 6) is 0.352. The molecule has 0 aromatic heterocycles.